The molecule has 0 heterocycles. The highest BCUT2D eigenvalue weighted by atomic mass is 79.9. The van der Waals surface area contributed by atoms with E-state index in [9.17, 15) is 9.90 Å². The van der Waals surface area contributed by atoms with Gasteiger partial charge in [0.2, 0.25) is 0 Å². The Labute approximate surface area is 168 Å². The van der Waals surface area contributed by atoms with E-state index < -0.39 is 5.91 Å². The lowest BCUT2D eigenvalue weighted by molar-refractivity contribution is 0.0952. The number of amides is 1. The second-order valence-electron chi connectivity index (χ2n) is 5.06. The molecule has 0 saturated heterocycles. The number of nitrogens with one attached hydrogen (secondary N) is 1. The van der Waals surface area contributed by atoms with E-state index in [1.807, 2.05) is 13.8 Å². The summed E-state index contributed by atoms with van der Waals surface area (Å²) in [7, 11) is 0. The van der Waals surface area contributed by atoms with Crippen LogP contribution < -0.4 is 14.9 Å². The molecule has 138 valence electrons. The predicted octanol–water partition coefficient (Wildman–Crippen LogP) is 4.48. The van der Waals surface area contributed by atoms with Crippen LogP contribution in [0.15, 0.2) is 44.4 Å². The van der Waals surface area contributed by atoms with Gasteiger partial charge in [0.1, 0.15) is 5.75 Å². The quantitative estimate of drug-likeness (QED) is 0.447. The highest BCUT2D eigenvalue weighted by Crippen LogP contribution is 2.36. The molecule has 0 aliphatic heterocycles. The molecule has 0 aliphatic carbocycles. The van der Waals surface area contributed by atoms with Crippen molar-refractivity contribution in [2.24, 2.45) is 5.10 Å². The van der Waals surface area contributed by atoms with Crippen LogP contribution in [0.4, 0.5) is 0 Å². The van der Waals surface area contributed by atoms with Crippen molar-refractivity contribution in [3.05, 3.63) is 50.4 Å². The van der Waals surface area contributed by atoms with Crippen molar-refractivity contribution in [1.82, 2.24) is 5.43 Å². The zero-order valence-electron chi connectivity index (χ0n) is 14.3. The average molecular weight is 486 g/mol. The fourth-order valence-corrected chi connectivity index (χ4v) is 3.06. The molecule has 0 fully saturated rings. The van der Waals surface area contributed by atoms with Gasteiger partial charge in [-0.05, 0) is 65.7 Å². The lowest BCUT2D eigenvalue weighted by atomic mass is 10.2. The summed E-state index contributed by atoms with van der Waals surface area (Å²) < 4.78 is 12.6. The van der Waals surface area contributed by atoms with Gasteiger partial charge >= 0.3 is 0 Å². The van der Waals surface area contributed by atoms with Crippen molar-refractivity contribution in [2.75, 3.05) is 13.2 Å². The van der Waals surface area contributed by atoms with Gasteiger partial charge in [-0.25, -0.2) is 5.43 Å². The third-order valence-electron chi connectivity index (χ3n) is 3.20. The molecule has 2 aromatic carbocycles. The van der Waals surface area contributed by atoms with Gasteiger partial charge in [-0.1, -0.05) is 15.9 Å². The van der Waals surface area contributed by atoms with E-state index in [1.54, 1.807) is 18.2 Å². The first kappa shape index (κ1) is 20.3. The van der Waals surface area contributed by atoms with E-state index in [0.717, 1.165) is 4.47 Å². The Balaban J connectivity index is 2.17. The molecule has 8 heteroatoms. The Bertz CT molecular complexity index is 825. The number of aromatic hydroxyl groups is 1. The Kier molecular flexibility index (Phi) is 7.47. The van der Waals surface area contributed by atoms with E-state index >= 15 is 0 Å². The number of nitrogens with zero attached hydrogens (tertiary/aromatic N) is 1. The monoisotopic (exact) mass is 484 g/mol. The predicted molar refractivity (Wildman–Crippen MR) is 107 cm³/mol. The molecule has 1 amide bonds. The van der Waals surface area contributed by atoms with Crippen LogP contribution in [0, 0.1) is 0 Å². The second kappa shape index (κ2) is 9.59. The summed E-state index contributed by atoms with van der Waals surface area (Å²) in [5.41, 5.74) is 3.22. The summed E-state index contributed by atoms with van der Waals surface area (Å²) in [6.45, 7) is 4.78. The van der Waals surface area contributed by atoms with E-state index in [4.69, 9.17) is 9.47 Å². The number of benzene rings is 2. The molecule has 0 radical (unpaired) electrons. The minimum absolute atomic E-state index is 0.122. The number of hydrazone groups is 1. The number of phenolic OH excluding ortho intramolecular Hbond substituents is 1. The first-order chi connectivity index (χ1) is 12.5. The van der Waals surface area contributed by atoms with Gasteiger partial charge in [0.15, 0.2) is 11.5 Å². The fourth-order valence-electron chi connectivity index (χ4n) is 2.13. The molecule has 0 spiro atoms. The van der Waals surface area contributed by atoms with E-state index in [2.05, 4.69) is 42.4 Å². The highest BCUT2D eigenvalue weighted by molar-refractivity contribution is 9.10. The second-order valence-corrected chi connectivity index (χ2v) is 6.83. The standard InChI is InChI=1S/C18H18Br2N2O4/c1-3-25-16-8-11(7-14(20)17(16)26-4-2)10-21-22-18(24)13-9-12(19)5-6-15(13)23/h5-10,23H,3-4H2,1-2H3,(H,22,24)/b21-10-. The summed E-state index contributed by atoms with van der Waals surface area (Å²) in [6.07, 6.45) is 1.48. The molecular formula is C18H18Br2N2O4. The zero-order chi connectivity index (χ0) is 19.1. The van der Waals surface area contributed by atoms with Crippen LogP contribution in [0.3, 0.4) is 0 Å². The molecule has 2 rings (SSSR count). The first-order valence-corrected chi connectivity index (χ1v) is 9.45. The van der Waals surface area contributed by atoms with Gasteiger partial charge in [0.25, 0.3) is 5.91 Å². The van der Waals surface area contributed by atoms with Crippen LogP contribution >= 0.6 is 31.9 Å². The Morgan fingerprint density at radius 1 is 1.19 bits per heavy atom. The molecule has 0 saturated carbocycles. The number of carbonyl (C=O) groups excluding carboxylic acids is 1. The summed E-state index contributed by atoms with van der Waals surface area (Å²) in [4.78, 5) is 12.1. The first-order valence-electron chi connectivity index (χ1n) is 7.87. The molecule has 0 atom stereocenters. The maximum atomic E-state index is 12.1. The Morgan fingerprint density at radius 2 is 1.92 bits per heavy atom. The zero-order valence-corrected chi connectivity index (χ0v) is 17.4. The number of hydrogen-bond acceptors (Lipinski definition) is 5. The minimum atomic E-state index is -0.518. The van der Waals surface area contributed by atoms with E-state index in [-0.39, 0.29) is 11.3 Å². The number of rotatable bonds is 7. The van der Waals surface area contributed by atoms with E-state index in [0.29, 0.717) is 34.7 Å². The van der Waals surface area contributed by atoms with Crippen LogP contribution in [0.2, 0.25) is 0 Å². The Morgan fingerprint density at radius 3 is 2.62 bits per heavy atom. The van der Waals surface area contributed by atoms with Crippen molar-refractivity contribution in [3.63, 3.8) is 0 Å². The maximum Gasteiger partial charge on any atom is 0.275 e. The summed E-state index contributed by atoms with van der Waals surface area (Å²) in [5, 5.41) is 13.7. The van der Waals surface area contributed by atoms with Crippen molar-refractivity contribution < 1.29 is 19.4 Å². The molecule has 6 nitrogen and oxygen atoms in total. The van der Waals surface area contributed by atoms with Crippen molar-refractivity contribution in [3.8, 4) is 17.2 Å². The van der Waals surface area contributed by atoms with Crippen LogP contribution in [0.25, 0.3) is 0 Å². The third-order valence-corrected chi connectivity index (χ3v) is 4.29. The Hall–Kier alpha value is -2.06. The van der Waals surface area contributed by atoms with Gasteiger partial charge < -0.3 is 14.6 Å². The van der Waals surface area contributed by atoms with Crippen LogP contribution in [-0.4, -0.2) is 30.4 Å². The van der Waals surface area contributed by atoms with Gasteiger partial charge in [-0.3, -0.25) is 4.79 Å². The van der Waals surface area contributed by atoms with Crippen LogP contribution in [-0.2, 0) is 0 Å². The number of ether oxygens (including phenoxy) is 2. The SMILES string of the molecule is CCOc1cc(/C=N\NC(=O)c2cc(Br)ccc2O)cc(Br)c1OCC. The number of carbonyl (C=O) groups is 1. The summed E-state index contributed by atoms with van der Waals surface area (Å²) in [5.74, 6) is 0.564. The average Bonchev–Trinajstić information content (AvgIpc) is 2.60. The molecule has 0 aromatic heterocycles. The largest absolute Gasteiger partial charge is 0.507 e. The number of hydrogen-bond donors (Lipinski definition) is 2. The van der Waals surface area contributed by atoms with Crippen molar-refractivity contribution in [2.45, 2.75) is 13.8 Å². The van der Waals surface area contributed by atoms with E-state index in [1.165, 1.54) is 18.3 Å². The maximum absolute atomic E-state index is 12.1. The molecule has 2 aromatic rings. The third kappa shape index (κ3) is 5.22. The summed E-state index contributed by atoms with van der Waals surface area (Å²) in [6, 6.07) is 8.16. The lowest BCUT2D eigenvalue weighted by Gasteiger charge is -2.13. The van der Waals surface area contributed by atoms with Crippen LogP contribution in [0.5, 0.6) is 17.2 Å². The van der Waals surface area contributed by atoms with Gasteiger partial charge in [-0.15, -0.1) is 0 Å². The molecular weight excluding hydrogens is 468 g/mol. The van der Waals surface area contributed by atoms with Gasteiger partial charge in [0, 0.05) is 4.47 Å². The number of phenols is 1. The normalized spacial score (nSPS) is 10.8. The molecule has 0 bridgehead atoms. The minimum Gasteiger partial charge on any atom is -0.507 e. The molecule has 0 unspecified atom stereocenters. The molecule has 0 aliphatic rings. The van der Waals surface area contributed by atoms with Crippen LogP contribution in [0.1, 0.15) is 29.8 Å². The molecule has 2 N–H and O–H groups in total. The van der Waals surface area contributed by atoms with Gasteiger partial charge in [0.05, 0.1) is 29.5 Å². The number of halogens is 2. The van der Waals surface area contributed by atoms with Gasteiger partial charge in [-0.2, -0.15) is 5.10 Å². The highest BCUT2D eigenvalue weighted by Gasteiger charge is 2.12. The summed E-state index contributed by atoms with van der Waals surface area (Å²) >= 11 is 6.71. The fraction of sp³-hybridized carbons (Fsp3) is 0.222. The topological polar surface area (TPSA) is 80.2 Å². The lowest BCUT2D eigenvalue weighted by Crippen LogP contribution is -2.17. The molecule has 26 heavy (non-hydrogen) atoms. The smallest absolute Gasteiger partial charge is 0.275 e. The van der Waals surface area contributed by atoms with Crippen molar-refractivity contribution in [1.29, 1.82) is 0 Å². The van der Waals surface area contributed by atoms with Crippen molar-refractivity contribution >= 4 is 44.0 Å².